The Morgan fingerprint density at radius 1 is 1.19 bits per heavy atom. The van der Waals surface area contributed by atoms with E-state index in [-0.39, 0.29) is 18.1 Å². The molecule has 2 aromatic carbocycles. The molecule has 1 N–H and O–H groups in total. The summed E-state index contributed by atoms with van der Waals surface area (Å²) in [5, 5.41) is 5.79. The normalized spacial score (nSPS) is 16.5. The van der Waals surface area contributed by atoms with E-state index < -0.39 is 0 Å². The zero-order valence-corrected chi connectivity index (χ0v) is 15.4. The van der Waals surface area contributed by atoms with Gasteiger partial charge in [-0.05, 0) is 16.3 Å². The van der Waals surface area contributed by atoms with Gasteiger partial charge in [-0.3, -0.25) is 0 Å². The summed E-state index contributed by atoms with van der Waals surface area (Å²) < 4.78 is 5.73. The number of urea groups is 1. The Hall–Kier alpha value is -2.86. The number of hydrogen-bond donors (Lipinski definition) is 1. The maximum absolute atomic E-state index is 12.5. The second-order valence-electron chi connectivity index (χ2n) is 6.46. The van der Waals surface area contributed by atoms with Crippen LogP contribution >= 0.6 is 11.6 Å². The Balaban J connectivity index is 1.33. The lowest BCUT2D eigenvalue weighted by molar-refractivity contribution is 0.178. The summed E-state index contributed by atoms with van der Waals surface area (Å²) in [5.41, 5.74) is 1.10. The standard InChI is InChI=1S/C20H19ClN4O2/c21-16-11-22-19(23-12-16)27-17-8-9-25(13-17)20(26)24-10-15-6-3-5-14-4-1-2-7-18(14)15/h1-7,11-12,17H,8-10,13H2,(H,24,26). The maximum atomic E-state index is 12.5. The Bertz CT molecular complexity index is 943. The Labute approximate surface area is 162 Å². The first-order valence-electron chi connectivity index (χ1n) is 8.82. The predicted octanol–water partition coefficient (Wildman–Crippen LogP) is 3.65. The molecule has 0 saturated carbocycles. The molecule has 2 heterocycles. The number of ether oxygens (including phenoxy) is 1. The second-order valence-corrected chi connectivity index (χ2v) is 6.89. The number of hydrogen-bond acceptors (Lipinski definition) is 4. The van der Waals surface area contributed by atoms with Gasteiger partial charge in [0, 0.05) is 19.5 Å². The van der Waals surface area contributed by atoms with E-state index in [1.54, 1.807) is 4.90 Å². The highest BCUT2D eigenvalue weighted by molar-refractivity contribution is 6.30. The molecular formula is C20H19ClN4O2. The minimum absolute atomic E-state index is 0.0916. The molecule has 0 aliphatic carbocycles. The van der Waals surface area contributed by atoms with Gasteiger partial charge in [-0.15, -0.1) is 0 Å². The molecule has 2 amide bonds. The summed E-state index contributed by atoms with van der Waals surface area (Å²) in [7, 11) is 0. The van der Waals surface area contributed by atoms with Crippen molar-refractivity contribution in [2.75, 3.05) is 13.1 Å². The molecule has 1 aliphatic heterocycles. The highest BCUT2D eigenvalue weighted by Crippen LogP contribution is 2.19. The summed E-state index contributed by atoms with van der Waals surface area (Å²) in [6.07, 6.45) is 3.61. The summed E-state index contributed by atoms with van der Waals surface area (Å²) in [6, 6.07) is 14.5. The molecule has 0 spiro atoms. The summed E-state index contributed by atoms with van der Waals surface area (Å²) in [5.74, 6) is 0. The zero-order valence-electron chi connectivity index (χ0n) is 14.6. The highest BCUT2D eigenvalue weighted by Gasteiger charge is 2.28. The Kier molecular flexibility index (Phi) is 5.07. The molecule has 0 radical (unpaired) electrons. The summed E-state index contributed by atoms with van der Waals surface area (Å²) >= 11 is 5.77. The van der Waals surface area contributed by atoms with Crippen molar-refractivity contribution >= 4 is 28.4 Å². The van der Waals surface area contributed by atoms with Gasteiger partial charge in [0.2, 0.25) is 0 Å². The molecule has 4 rings (SSSR count). The number of carbonyl (C=O) groups excluding carboxylic acids is 1. The number of halogens is 1. The lowest BCUT2D eigenvalue weighted by Crippen LogP contribution is -2.39. The van der Waals surface area contributed by atoms with Gasteiger partial charge < -0.3 is 15.0 Å². The number of amides is 2. The van der Waals surface area contributed by atoms with Crippen molar-refractivity contribution < 1.29 is 9.53 Å². The van der Waals surface area contributed by atoms with Gasteiger partial charge >= 0.3 is 12.0 Å². The summed E-state index contributed by atoms with van der Waals surface area (Å²) in [4.78, 5) is 22.3. The zero-order chi connectivity index (χ0) is 18.6. The van der Waals surface area contributed by atoms with Crippen molar-refractivity contribution in [1.82, 2.24) is 20.2 Å². The lowest BCUT2D eigenvalue weighted by Gasteiger charge is -2.18. The van der Waals surface area contributed by atoms with Crippen LogP contribution in [0.2, 0.25) is 5.02 Å². The molecule has 1 unspecified atom stereocenters. The first kappa shape index (κ1) is 17.5. The van der Waals surface area contributed by atoms with Crippen molar-refractivity contribution in [1.29, 1.82) is 0 Å². The number of nitrogens with one attached hydrogen (secondary N) is 1. The highest BCUT2D eigenvalue weighted by atomic mass is 35.5. The number of nitrogens with zero attached hydrogens (tertiary/aromatic N) is 3. The molecule has 3 aromatic rings. The largest absolute Gasteiger partial charge is 0.458 e. The molecule has 138 valence electrons. The van der Waals surface area contributed by atoms with Gasteiger partial charge in [0.25, 0.3) is 0 Å². The van der Waals surface area contributed by atoms with Crippen molar-refractivity contribution in [2.45, 2.75) is 19.1 Å². The van der Waals surface area contributed by atoms with Gasteiger partial charge in [-0.2, -0.15) is 0 Å². The number of aromatic nitrogens is 2. The third-order valence-corrected chi connectivity index (χ3v) is 4.81. The van der Waals surface area contributed by atoms with E-state index in [0.717, 1.165) is 17.4 Å². The molecule has 1 fully saturated rings. The smallest absolute Gasteiger partial charge is 0.317 e. The maximum Gasteiger partial charge on any atom is 0.317 e. The quantitative estimate of drug-likeness (QED) is 0.748. The molecular weight excluding hydrogens is 364 g/mol. The van der Waals surface area contributed by atoms with Crippen LogP contribution in [0.3, 0.4) is 0 Å². The molecule has 1 saturated heterocycles. The molecule has 1 atom stereocenters. The molecule has 6 nitrogen and oxygen atoms in total. The summed E-state index contributed by atoms with van der Waals surface area (Å²) in [6.45, 7) is 1.63. The van der Waals surface area contributed by atoms with Crippen LogP contribution in [-0.2, 0) is 6.54 Å². The average molecular weight is 383 g/mol. The molecule has 27 heavy (non-hydrogen) atoms. The van der Waals surface area contributed by atoms with E-state index in [2.05, 4.69) is 33.5 Å². The fraction of sp³-hybridized carbons (Fsp3) is 0.250. The third-order valence-electron chi connectivity index (χ3n) is 4.61. The monoisotopic (exact) mass is 382 g/mol. The van der Waals surface area contributed by atoms with Gasteiger partial charge in [0.1, 0.15) is 6.10 Å². The average Bonchev–Trinajstić information content (AvgIpc) is 3.16. The van der Waals surface area contributed by atoms with Crippen LogP contribution in [0, 0.1) is 0 Å². The minimum atomic E-state index is -0.116. The molecule has 1 aromatic heterocycles. The Morgan fingerprint density at radius 3 is 2.81 bits per heavy atom. The van der Waals surface area contributed by atoms with Crippen LogP contribution in [-0.4, -0.2) is 40.1 Å². The van der Waals surface area contributed by atoms with Crippen LogP contribution in [0.5, 0.6) is 6.01 Å². The van der Waals surface area contributed by atoms with E-state index in [4.69, 9.17) is 16.3 Å². The van der Waals surface area contributed by atoms with Gasteiger partial charge in [0.05, 0.1) is 24.0 Å². The van der Waals surface area contributed by atoms with Gasteiger partial charge in [0.15, 0.2) is 0 Å². The first-order valence-corrected chi connectivity index (χ1v) is 9.20. The van der Waals surface area contributed by atoms with Crippen LogP contribution < -0.4 is 10.1 Å². The van der Waals surface area contributed by atoms with Gasteiger partial charge in [-0.25, -0.2) is 14.8 Å². The van der Waals surface area contributed by atoms with Crippen molar-refractivity contribution in [3.05, 3.63) is 65.4 Å². The number of benzene rings is 2. The number of carbonyl (C=O) groups is 1. The van der Waals surface area contributed by atoms with Gasteiger partial charge in [-0.1, -0.05) is 54.1 Å². The topological polar surface area (TPSA) is 67.4 Å². The molecule has 0 bridgehead atoms. The number of rotatable bonds is 4. The minimum Gasteiger partial charge on any atom is -0.458 e. The molecule has 7 heteroatoms. The fourth-order valence-corrected chi connectivity index (χ4v) is 3.35. The first-order chi connectivity index (χ1) is 13.2. The SMILES string of the molecule is O=C(NCc1cccc2ccccc12)N1CCC(Oc2ncc(Cl)cn2)C1. The van der Waals surface area contributed by atoms with Crippen LogP contribution in [0.1, 0.15) is 12.0 Å². The van der Waals surface area contributed by atoms with E-state index in [1.165, 1.54) is 17.8 Å². The van der Waals surface area contributed by atoms with E-state index >= 15 is 0 Å². The Morgan fingerprint density at radius 2 is 1.96 bits per heavy atom. The van der Waals surface area contributed by atoms with Crippen LogP contribution in [0.15, 0.2) is 54.9 Å². The van der Waals surface area contributed by atoms with Crippen molar-refractivity contribution in [3.8, 4) is 6.01 Å². The molecule has 1 aliphatic rings. The van der Waals surface area contributed by atoms with Crippen molar-refractivity contribution in [3.63, 3.8) is 0 Å². The fourth-order valence-electron chi connectivity index (χ4n) is 3.25. The predicted molar refractivity (Wildman–Crippen MR) is 104 cm³/mol. The third kappa shape index (κ3) is 4.11. The van der Waals surface area contributed by atoms with E-state index in [9.17, 15) is 4.79 Å². The van der Waals surface area contributed by atoms with Crippen LogP contribution in [0.25, 0.3) is 10.8 Å². The number of fused-ring (bicyclic) bond motifs is 1. The second kappa shape index (κ2) is 7.80. The lowest BCUT2D eigenvalue weighted by atomic mass is 10.0. The van der Waals surface area contributed by atoms with E-state index in [1.807, 2.05) is 24.3 Å². The van der Waals surface area contributed by atoms with E-state index in [0.29, 0.717) is 24.7 Å². The van der Waals surface area contributed by atoms with Crippen molar-refractivity contribution in [2.24, 2.45) is 0 Å². The number of likely N-dealkylation sites (tertiary alicyclic amines) is 1. The van der Waals surface area contributed by atoms with Crippen LogP contribution in [0.4, 0.5) is 4.79 Å².